The standard InChI is InChI=1S/C11H17NS/c1-9(2)10-4-6-11(7-5-10)13-8-12-3/h4-7,9,12H,8H2,1-3H3. The molecule has 13 heavy (non-hydrogen) atoms. The maximum absolute atomic E-state index is 3.12. The van der Waals surface area contributed by atoms with Crippen LogP contribution in [0.25, 0.3) is 0 Å². The Labute approximate surface area is 84.9 Å². The fourth-order valence-corrected chi connectivity index (χ4v) is 1.74. The molecule has 0 fully saturated rings. The van der Waals surface area contributed by atoms with Crippen molar-refractivity contribution >= 4 is 11.8 Å². The summed E-state index contributed by atoms with van der Waals surface area (Å²) in [6, 6.07) is 8.81. The fourth-order valence-electron chi connectivity index (χ4n) is 1.10. The largest absolute Gasteiger partial charge is 0.311 e. The van der Waals surface area contributed by atoms with Gasteiger partial charge < -0.3 is 5.32 Å². The van der Waals surface area contributed by atoms with Crippen LogP contribution in [0.4, 0.5) is 0 Å². The quantitative estimate of drug-likeness (QED) is 0.585. The Hall–Kier alpha value is -0.470. The smallest absolute Gasteiger partial charge is 0.0463 e. The molecule has 0 heterocycles. The maximum Gasteiger partial charge on any atom is 0.0463 e. The Bertz CT molecular complexity index is 241. The molecular weight excluding hydrogens is 178 g/mol. The minimum Gasteiger partial charge on any atom is -0.311 e. The van der Waals surface area contributed by atoms with Gasteiger partial charge in [0.25, 0.3) is 0 Å². The molecule has 1 N–H and O–H groups in total. The van der Waals surface area contributed by atoms with Crippen LogP contribution >= 0.6 is 11.8 Å². The Morgan fingerprint density at radius 1 is 1.23 bits per heavy atom. The van der Waals surface area contributed by atoms with Crippen molar-refractivity contribution in [3.8, 4) is 0 Å². The van der Waals surface area contributed by atoms with Gasteiger partial charge in [0.2, 0.25) is 0 Å². The lowest BCUT2D eigenvalue weighted by Crippen LogP contribution is -2.02. The average molecular weight is 195 g/mol. The number of thioether (sulfide) groups is 1. The Kier molecular flexibility index (Phi) is 4.33. The Morgan fingerprint density at radius 2 is 1.85 bits per heavy atom. The van der Waals surface area contributed by atoms with E-state index >= 15 is 0 Å². The van der Waals surface area contributed by atoms with Gasteiger partial charge in [0.05, 0.1) is 0 Å². The predicted molar refractivity (Wildman–Crippen MR) is 60.3 cm³/mol. The summed E-state index contributed by atoms with van der Waals surface area (Å²) in [7, 11) is 1.97. The summed E-state index contributed by atoms with van der Waals surface area (Å²) in [5.74, 6) is 1.60. The van der Waals surface area contributed by atoms with Crippen LogP contribution in [0.2, 0.25) is 0 Å². The number of hydrogen-bond donors (Lipinski definition) is 1. The molecule has 0 aliphatic carbocycles. The van der Waals surface area contributed by atoms with Gasteiger partial charge in [-0.25, -0.2) is 0 Å². The summed E-state index contributed by atoms with van der Waals surface area (Å²) in [6.07, 6.45) is 0. The normalized spacial score (nSPS) is 10.8. The van der Waals surface area contributed by atoms with Gasteiger partial charge in [-0.3, -0.25) is 0 Å². The van der Waals surface area contributed by atoms with Crippen molar-refractivity contribution in [1.82, 2.24) is 5.32 Å². The summed E-state index contributed by atoms with van der Waals surface area (Å²) in [4.78, 5) is 1.33. The molecule has 0 amide bonds. The molecule has 1 rings (SSSR count). The van der Waals surface area contributed by atoms with Crippen molar-refractivity contribution in [3.63, 3.8) is 0 Å². The van der Waals surface area contributed by atoms with E-state index in [-0.39, 0.29) is 0 Å². The molecule has 1 aromatic rings. The molecule has 0 bridgehead atoms. The van der Waals surface area contributed by atoms with Gasteiger partial charge in [-0.1, -0.05) is 26.0 Å². The van der Waals surface area contributed by atoms with Crippen molar-refractivity contribution in [3.05, 3.63) is 29.8 Å². The summed E-state index contributed by atoms with van der Waals surface area (Å²) in [5.41, 5.74) is 1.41. The van der Waals surface area contributed by atoms with E-state index in [1.807, 2.05) is 18.8 Å². The first kappa shape index (κ1) is 10.6. The van der Waals surface area contributed by atoms with E-state index in [0.29, 0.717) is 5.92 Å². The second kappa shape index (κ2) is 5.30. The van der Waals surface area contributed by atoms with Crippen molar-refractivity contribution in [1.29, 1.82) is 0 Å². The summed E-state index contributed by atoms with van der Waals surface area (Å²) in [6.45, 7) is 4.44. The van der Waals surface area contributed by atoms with Crippen LogP contribution in [-0.4, -0.2) is 12.9 Å². The van der Waals surface area contributed by atoms with Crippen LogP contribution in [-0.2, 0) is 0 Å². The highest BCUT2D eigenvalue weighted by Gasteiger charge is 1.98. The molecule has 0 spiro atoms. The SMILES string of the molecule is CNCSc1ccc(C(C)C)cc1. The third kappa shape index (κ3) is 3.41. The first-order valence-corrected chi connectivity index (χ1v) is 5.60. The zero-order chi connectivity index (χ0) is 9.68. The van der Waals surface area contributed by atoms with Crippen LogP contribution in [0.3, 0.4) is 0 Å². The minimum absolute atomic E-state index is 0.628. The van der Waals surface area contributed by atoms with E-state index in [4.69, 9.17) is 0 Å². The Balaban J connectivity index is 2.59. The van der Waals surface area contributed by atoms with E-state index in [1.165, 1.54) is 10.5 Å². The number of benzene rings is 1. The molecule has 1 aromatic carbocycles. The number of nitrogens with one attached hydrogen (secondary N) is 1. The highest BCUT2D eigenvalue weighted by atomic mass is 32.2. The van der Waals surface area contributed by atoms with Crippen molar-refractivity contribution < 1.29 is 0 Å². The first-order valence-electron chi connectivity index (χ1n) is 4.61. The van der Waals surface area contributed by atoms with Gasteiger partial charge in [0, 0.05) is 10.8 Å². The van der Waals surface area contributed by atoms with Crippen LogP contribution in [0.1, 0.15) is 25.3 Å². The maximum atomic E-state index is 3.12. The van der Waals surface area contributed by atoms with Crippen molar-refractivity contribution in [2.24, 2.45) is 0 Å². The van der Waals surface area contributed by atoms with E-state index in [0.717, 1.165) is 5.88 Å². The first-order chi connectivity index (χ1) is 6.24. The second-order valence-corrected chi connectivity index (χ2v) is 4.41. The van der Waals surface area contributed by atoms with Gasteiger partial charge in [-0.05, 0) is 30.7 Å². The molecule has 0 aliphatic heterocycles. The van der Waals surface area contributed by atoms with Gasteiger partial charge in [-0.2, -0.15) is 0 Å². The number of hydrogen-bond acceptors (Lipinski definition) is 2. The molecule has 0 unspecified atom stereocenters. The molecule has 1 nitrogen and oxygen atoms in total. The molecule has 0 radical (unpaired) electrons. The molecule has 0 aliphatic rings. The van der Waals surface area contributed by atoms with Crippen LogP contribution in [0.5, 0.6) is 0 Å². The lowest BCUT2D eigenvalue weighted by atomic mass is 10.0. The van der Waals surface area contributed by atoms with Gasteiger partial charge in [0.1, 0.15) is 0 Å². The zero-order valence-corrected chi connectivity index (χ0v) is 9.32. The topological polar surface area (TPSA) is 12.0 Å². The summed E-state index contributed by atoms with van der Waals surface area (Å²) in [5, 5.41) is 3.12. The number of rotatable bonds is 4. The monoisotopic (exact) mass is 195 g/mol. The van der Waals surface area contributed by atoms with E-state index in [1.54, 1.807) is 0 Å². The molecule has 2 heteroatoms. The lowest BCUT2D eigenvalue weighted by molar-refractivity contribution is 0.865. The van der Waals surface area contributed by atoms with Crippen molar-refractivity contribution in [2.75, 3.05) is 12.9 Å². The van der Waals surface area contributed by atoms with Gasteiger partial charge in [0.15, 0.2) is 0 Å². The average Bonchev–Trinajstić information content (AvgIpc) is 2.15. The molecule has 0 atom stereocenters. The third-order valence-electron chi connectivity index (χ3n) is 1.93. The highest BCUT2D eigenvalue weighted by Crippen LogP contribution is 2.20. The summed E-state index contributed by atoms with van der Waals surface area (Å²) >= 11 is 1.83. The van der Waals surface area contributed by atoms with Crippen LogP contribution in [0.15, 0.2) is 29.2 Å². The molecule has 0 saturated carbocycles. The second-order valence-electron chi connectivity index (χ2n) is 3.37. The molecule has 0 aromatic heterocycles. The van der Waals surface area contributed by atoms with Crippen molar-refractivity contribution in [2.45, 2.75) is 24.7 Å². The van der Waals surface area contributed by atoms with E-state index in [9.17, 15) is 0 Å². The predicted octanol–water partition coefficient (Wildman–Crippen LogP) is 3.08. The molecule has 72 valence electrons. The molecular formula is C11H17NS. The summed E-state index contributed by atoms with van der Waals surface area (Å²) < 4.78 is 0. The van der Waals surface area contributed by atoms with Gasteiger partial charge in [-0.15, -0.1) is 11.8 Å². The fraction of sp³-hybridized carbons (Fsp3) is 0.455. The van der Waals surface area contributed by atoms with Crippen LogP contribution in [0, 0.1) is 0 Å². The Morgan fingerprint density at radius 3 is 2.31 bits per heavy atom. The molecule has 0 saturated heterocycles. The lowest BCUT2D eigenvalue weighted by Gasteiger charge is -2.06. The zero-order valence-electron chi connectivity index (χ0n) is 8.50. The highest BCUT2D eigenvalue weighted by molar-refractivity contribution is 7.99. The minimum atomic E-state index is 0.628. The van der Waals surface area contributed by atoms with E-state index < -0.39 is 0 Å². The van der Waals surface area contributed by atoms with E-state index in [2.05, 4.69) is 43.4 Å². The van der Waals surface area contributed by atoms with Gasteiger partial charge >= 0.3 is 0 Å². The van der Waals surface area contributed by atoms with Crippen LogP contribution < -0.4 is 5.32 Å². The third-order valence-corrected chi connectivity index (χ3v) is 2.97.